The third-order valence-electron chi connectivity index (χ3n) is 3.91. The number of carbonyl (C=O) groups excluding carboxylic acids is 1. The first-order chi connectivity index (χ1) is 11.9. The van der Waals surface area contributed by atoms with E-state index in [0.29, 0.717) is 0 Å². The van der Waals surface area contributed by atoms with Gasteiger partial charge < -0.3 is 10.4 Å². The van der Waals surface area contributed by atoms with Gasteiger partial charge >= 0.3 is 5.97 Å². The minimum atomic E-state index is -1.15. The molecule has 0 bridgehead atoms. The van der Waals surface area contributed by atoms with Crippen molar-refractivity contribution in [3.05, 3.63) is 75.3 Å². The highest BCUT2D eigenvalue weighted by molar-refractivity contribution is 5.88. The molecule has 0 aliphatic carbocycles. The average Bonchev–Trinajstić information content (AvgIpc) is 2.61. The molecule has 0 saturated carbocycles. The second-order valence-electron chi connectivity index (χ2n) is 5.58. The van der Waals surface area contributed by atoms with E-state index in [1.165, 1.54) is 18.2 Å². The van der Waals surface area contributed by atoms with Crippen LogP contribution in [0.4, 0.5) is 5.69 Å². The van der Waals surface area contributed by atoms with E-state index in [1.807, 2.05) is 30.3 Å². The fourth-order valence-electron chi connectivity index (χ4n) is 2.46. The van der Waals surface area contributed by atoms with E-state index in [0.717, 1.165) is 5.56 Å². The monoisotopic (exact) mass is 342 g/mol. The molecule has 0 spiro atoms. The Morgan fingerprint density at radius 3 is 2.48 bits per heavy atom. The molecule has 0 radical (unpaired) electrons. The van der Waals surface area contributed by atoms with E-state index in [4.69, 9.17) is 5.11 Å². The summed E-state index contributed by atoms with van der Waals surface area (Å²) in [6.07, 6.45) is 0.171. The van der Waals surface area contributed by atoms with Crippen molar-refractivity contribution < 1.29 is 19.6 Å². The Labute approximate surface area is 144 Å². The first-order valence-electron chi connectivity index (χ1n) is 7.73. The minimum absolute atomic E-state index is 0.0235. The number of nitrogens with zero attached hydrogens (tertiary/aromatic N) is 1. The van der Waals surface area contributed by atoms with Crippen molar-refractivity contribution in [1.82, 2.24) is 5.32 Å². The molecular weight excluding hydrogens is 324 g/mol. The van der Waals surface area contributed by atoms with Crippen LogP contribution < -0.4 is 5.32 Å². The summed E-state index contributed by atoms with van der Waals surface area (Å²) in [4.78, 5) is 33.7. The molecule has 0 aliphatic heterocycles. The molecule has 130 valence electrons. The van der Waals surface area contributed by atoms with Crippen LogP contribution in [0.1, 0.15) is 34.3 Å². The van der Waals surface area contributed by atoms with Gasteiger partial charge in [-0.25, -0.2) is 4.79 Å². The van der Waals surface area contributed by atoms with Crippen molar-refractivity contribution in [3.8, 4) is 0 Å². The van der Waals surface area contributed by atoms with Gasteiger partial charge in [-0.15, -0.1) is 0 Å². The van der Waals surface area contributed by atoms with Crippen molar-refractivity contribution in [3.63, 3.8) is 0 Å². The van der Waals surface area contributed by atoms with Crippen LogP contribution in [-0.2, 0) is 11.2 Å². The molecule has 0 fully saturated rings. The number of nitro benzene ring substituents is 1. The number of amides is 1. The molecule has 1 unspecified atom stereocenters. The number of carboxylic acids is 1. The standard InChI is InChI=1S/C18H18N2O5/c1-12(13-5-3-2-4-6-13)17(21)19-10-9-14-11-15(18(22)23)7-8-16(14)20(24)25/h2-8,11-12H,9-10H2,1H3,(H,19,21)(H,22,23). The number of carbonyl (C=O) groups is 2. The lowest BCUT2D eigenvalue weighted by atomic mass is 10.0. The molecule has 2 aromatic carbocycles. The summed E-state index contributed by atoms with van der Waals surface area (Å²) in [6.45, 7) is 1.96. The van der Waals surface area contributed by atoms with Crippen LogP contribution in [0.25, 0.3) is 0 Å². The topological polar surface area (TPSA) is 110 Å². The predicted octanol–water partition coefficient (Wildman–Crippen LogP) is 2.76. The number of nitrogens with one attached hydrogen (secondary N) is 1. The summed E-state index contributed by atoms with van der Waals surface area (Å²) in [7, 11) is 0. The van der Waals surface area contributed by atoms with Gasteiger partial charge in [-0.05, 0) is 31.0 Å². The SMILES string of the molecule is CC(C(=O)NCCc1cc(C(=O)O)ccc1[N+](=O)[O-])c1ccccc1. The first kappa shape index (κ1) is 18.1. The maximum absolute atomic E-state index is 12.2. The predicted molar refractivity (Wildman–Crippen MR) is 91.6 cm³/mol. The second-order valence-corrected chi connectivity index (χ2v) is 5.58. The third-order valence-corrected chi connectivity index (χ3v) is 3.91. The molecule has 0 heterocycles. The zero-order valence-electron chi connectivity index (χ0n) is 13.6. The Morgan fingerprint density at radius 2 is 1.88 bits per heavy atom. The van der Waals surface area contributed by atoms with Crippen LogP contribution in [0.2, 0.25) is 0 Å². The Balaban J connectivity index is 2.03. The Hall–Kier alpha value is -3.22. The fraction of sp³-hybridized carbons (Fsp3) is 0.222. The van der Waals surface area contributed by atoms with E-state index >= 15 is 0 Å². The summed E-state index contributed by atoms with van der Waals surface area (Å²) in [5.74, 6) is -1.69. The third kappa shape index (κ3) is 4.63. The Bertz CT molecular complexity index is 789. The highest BCUT2D eigenvalue weighted by Gasteiger charge is 2.18. The van der Waals surface area contributed by atoms with E-state index in [2.05, 4.69) is 5.32 Å². The number of benzene rings is 2. The summed E-state index contributed by atoms with van der Waals surface area (Å²) in [5, 5.41) is 22.8. The summed E-state index contributed by atoms with van der Waals surface area (Å²) in [5.41, 5.74) is 0.969. The molecule has 0 aromatic heterocycles. The largest absolute Gasteiger partial charge is 0.478 e. The van der Waals surface area contributed by atoms with E-state index in [1.54, 1.807) is 6.92 Å². The zero-order chi connectivity index (χ0) is 18.4. The molecule has 25 heavy (non-hydrogen) atoms. The smallest absolute Gasteiger partial charge is 0.335 e. The van der Waals surface area contributed by atoms with Crippen LogP contribution in [0.15, 0.2) is 48.5 Å². The number of rotatable bonds is 7. The van der Waals surface area contributed by atoms with Gasteiger partial charge in [0, 0.05) is 18.2 Å². The molecule has 2 N–H and O–H groups in total. The van der Waals surface area contributed by atoms with Gasteiger partial charge in [0.1, 0.15) is 0 Å². The maximum atomic E-state index is 12.2. The van der Waals surface area contributed by atoms with Crippen LogP contribution in [0.5, 0.6) is 0 Å². The molecule has 2 rings (SSSR count). The summed E-state index contributed by atoms with van der Waals surface area (Å²) in [6, 6.07) is 12.9. The van der Waals surface area contributed by atoms with Crippen LogP contribution >= 0.6 is 0 Å². The second kappa shape index (κ2) is 8.05. The Kier molecular flexibility index (Phi) is 5.84. The summed E-state index contributed by atoms with van der Waals surface area (Å²) < 4.78 is 0. The first-order valence-corrected chi connectivity index (χ1v) is 7.73. The molecule has 2 aromatic rings. The molecule has 7 heteroatoms. The van der Waals surface area contributed by atoms with Gasteiger partial charge in [0.25, 0.3) is 5.69 Å². The summed E-state index contributed by atoms with van der Waals surface area (Å²) >= 11 is 0. The lowest BCUT2D eigenvalue weighted by molar-refractivity contribution is -0.385. The fourth-order valence-corrected chi connectivity index (χ4v) is 2.46. The van der Waals surface area contributed by atoms with Crippen molar-refractivity contribution in [2.45, 2.75) is 19.3 Å². The number of hydrogen-bond donors (Lipinski definition) is 2. The molecule has 0 saturated heterocycles. The molecule has 7 nitrogen and oxygen atoms in total. The van der Waals surface area contributed by atoms with Crippen molar-refractivity contribution in [2.24, 2.45) is 0 Å². The quantitative estimate of drug-likeness (QED) is 0.594. The average molecular weight is 342 g/mol. The molecule has 1 amide bonds. The number of hydrogen-bond acceptors (Lipinski definition) is 4. The van der Waals surface area contributed by atoms with Crippen molar-refractivity contribution in [1.29, 1.82) is 0 Å². The highest BCUT2D eigenvalue weighted by atomic mass is 16.6. The number of nitro groups is 1. The van der Waals surface area contributed by atoms with Crippen LogP contribution in [0, 0.1) is 10.1 Å². The molecule has 1 atom stereocenters. The molecular formula is C18H18N2O5. The number of aromatic carboxylic acids is 1. The Morgan fingerprint density at radius 1 is 1.20 bits per heavy atom. The normalized spacial score (nSPS) is 11.6. The molecule has 0 aliphatic rings. The van der Waals surface area contributed by atoms with E-state index < -0.39 is 10.9 Å². The lowest BCUT2D eigenvalue weighted by Gasteiger charge is -2.12. The zero-order valence-corrected chi connectivity index (χ0v) is 13.6. The van der Waals surface area contributed by atoms with Crippen molar-refractivity contribution >= 4 is 17.6 Å². The van der Waals surface area contributed by atoms with Gasteiger partial charge in [0.15, 0.2) is 0 Å². The van der Waals surface area contributed by atoms with Gasteiger partial charge in [-0.2, -0.15) is 0 Å². The van der Waals surface area contributed by atoms with E-state index in [-0.39, 0.29) is 41.6 Å². The lowest BCUT2D eigenvalue weighted by Crippen LogP contribution is -2.30. The number of carboxylic acid groups (broad SMARTS) is 1. The van der Waals surface area contributed by atoms with Gasteiger partial charge in [-0.3, -0.25) is 14.9 Å². The van der Waals surface area contributed by atoms with Gasteiger partial charge in [0.2, 0.25) is 5.91 Å². The van der Waals surface area contributed by atoms with Crippen LogP contribution in [-0.4, -0.2) is 28.5 Å². The van der Waals surface area contributed by atoms with Gasteiger partial charge in [0.05, 0.1) is 16.4 Å². The van der Waals surface area contributed by atoms with Crippen molar-refractivity contribution in [2.75, 3.05) is 6.54 Å². The maximum Gasteiger partial charge on any atom is 0.335 e. The van der Waals surface area contributed by atoms with Gasteiger partial charge in [-0.1, -0.05) is 30.3 Å². The minimum Gasteiger partial charge on any atom is -0.478 e. The highest BCUT2D eigenvalue weighted by Crippen LogP contribution is 2.21. The van der Waals surface area contributed by atoms with E-state index in [9.17, 15) is 19.7 Å². The van der Waals surface area contributed by atoms with Crippen LogP contribution in [0.3, 0.4) is 0 Å².